The van der Waals surface area contributed by atoms with E-state index in [4.69, 9.17) is 0 Å². The first kappa shape index (κ1) is 19.3. The lowest BCUT2D eigenvalue weighted by Crippen LogP contribution is -2.44. The molecule has 138 valence electrons. The van der Waals surface area contributed by atoms with Gasteiger partial charge in [0.25, 0.3) is 0 Å². The Morgan fingerprint density at radius 2 is 1.04 bits per heavy atom. The van der Waals surface area contributed by atoms with Crippen LogP contribution in [0.3, 0.4) is 0 Å². The first-order valence-electron chi connectivity index (χ1n) is 10.2. The molecule has 1 amide bonds. The molecule has 2 atom stereocenters. The Bertz CT molecular complexity index is 384. The van der Waals surface area contributed by atoms with Gasteiger partial charge in [-0.25, -0.2) is 0 Å². The van der Waals surface area contributed by atoms with Gasteiger partial charge in [0, 0.05) is 6.04 Å². The summed E-state index contributed by atoms with van der Waals surface area (Å²) in [5.41, 5.74) is 0. The minimum absolute atomic E-state index is 0.000746. The normalized spacial score (nSPS) is 28.3. The lowest BCUT2D eigenvalue weighted by Gasteiger charge is -2.29. The van der Waals surface area contributed by atoms with Crippen LogP contribution in [0.1, 0.15) is 96.3 Å². The van der Waals surface area contributed by atoms with Crippen molar-refractivity contribution >= 4 is 11.9 Å². The van der Waals surface area contributed by atoms with E-state index in [0.29, 0.717) is 6.42 Å². The predicted octanol–water partition coefficient (Wildman–Crippen LogP) is 4.67. The van der Waals surface area contributed by atoms with Gasteiger partial charge in [0.2, 0.25) is 5.91 Å². The zero-order valence-electron chi connectivity index (χ0n) is 15.1. The number of nitrogens with one attached hydrogen (secondary N) is 1. The number of rotatable bonds is 3. The van der Waals surface area contributed by atoms with E-state index in [9.17, 15) is 14.7 Å². The molecule has 0 spiro atoms. The van der Waals surface area contributed by atoms with Gasteiger partial charge in [0.05, 0.1) is 11.8 Å². The molecule has 2 aliphatic carbocycles. The average Bonchev–Trinajstić information content (AvgIpc) is 2.57. The molecule has 0 aliphatic heterocycles. The predicted molar refractivity (Wildman–Crippen MR) is 95.8 cm³/mol. The van der Waals surface area contributed by atoms with Crippen molar-refractivity contribution in [3.8, 4) is 0 Å². The summed E-state index contributed by atoms with van der Waals surface area (Å²) in [5.74, 6) is -1.60. The van der Waals surface area contributed by atoms with Crippen molar-refractivity contribution in [2.75, 3.05) is 0 Å². The molecular weight excluding hydrogens is 302 g/mol. The van der Waals surface area contributed by atoms with Gasteiger partial charge in [-0.3, -0.25) is 9.59 Å². The number of carboxylic acids is 1. The third-order valence-electron chi connectivity index (χ3n) is 5.87. The fourth-order valence-electron chi connectivity index (χ4n) is 4.36. The van der Waals surface area contributed by atoms with Crippen molar-refractivity contribution in [1.82, 2.24) is 5.32 Å². The van der Waals surface area contributed by atoms with Crippen molar-refractivity contribution in [3.63, 3.8) is 0 Å². The van der Waals surface area contributed by atoms with Crippen LogP contribution in [0.25, 0.3) is 0 Å². The highest BCUT2D eigenvalue weighted by molar-refractivity contribution is 5.85. The smallest absolute Gasteiger partial charge is 0.307 e. The molecule has 0 aromatic heterocycles. The standard InChI is InChI=1S/C20H35NO3/c22-19(17-14-10-11-15-18(17)20(23)24)21-16-12-8-6-4-2-1-3-5-7-9-13-16/h16-18H,1-15H2,(H,21,22)(H,23,24)/t17-,18-/m0/s1. The number of carboxylic acid groups (broad SMARTS) is 1. The largest absolute Gasteiger partial charge is 0.481 e. The van der Waals surface area contributed by atoms with Gasteiger partial charge in [-0.1, -0.05) is 70.6 Å². The van der Waals surface area contributed by atoms with E-state index in [1.807, 2.05) is 0 Å². The van der Waals surface area contributed by atoms with Crippen LogP contribution in [0.15, 0.2) is 0 Å². The second kappa shape index (κ2) is 10.7. The molecule has 2 fully saturated rings. The first-order chi connectivity index (χ1) is 11.7. The molecule has 0 bridgehead atoms. The summed E-state index contributed by atoms with van der Waals surface area (Å²) in [6, 6.07) is 0.244. The zero-order chi connectivity index (χ0) is 17.2. The topological polar surface area (TPSA) is 66.4 Å². The van der Waals surface area contributed by atoms with E-state index < -0.39 is 11.9 Å². The molecule has 4 heteroatoms. The van der Waals surface area contributed by atoms with Crippen molar-refractivity contribution in [1.29, 1.82) is 0 Å². The van der Waals surface area contributed by atoms with Gasteiger partial charge >= 0.3 is 5.97 Å². The maximum absolute atomic E-state index is 12.7. The Kier molecular flexibility index (Phi) is 8.62. The summed E-state index contributed by atoms with van der Waals surface area (Å²) >= 11 is 0. The second-order valence-corrected chi connectivity index (χ2v) is 7.80. The lowest BCUT2D eigenvalue weighted by molar-refractivity contribution is -0.149. The minimum atomic E-state index is -0.798. The van der Waals surface area contributed by atoms with Gasteiger partial charge in [-0.2, -0.15) is 0 Å². The van der Waals surface area contributed by atoms with Crippen LogP contribution < -0.4 is 5.32 Å². The van der Waals surface area contributed by atoms with Crippen molar-refractivity contribution in [2.24, 2.45) is 11.8 Å². The van der Waals surface area contributed by atoms with E-state index in [1.165, 1.54) is 57.8 Å². The highest BCUT2D eigenvalue weighted by Crippen LogP contribution is 2.31. The maximum atomic E-state index is 12.7. The van der Waals surface area contributed by atoms with E-state index >= 15 is 0 Å². The van der Waals surface area contributed by atoms with Crippen molar-refractivity contribution < 1.29 is 14.7 Å². The SMILES string of the molecule is O=C(O)[C@H]1CCCC[C@@H]1C(=O)NC1CCCCCCCCCCC1. The Morgan fingerprint density at radius 1 is 0.625 bits per heavy atom. The molecule has 2 aliphatic rings. The van der Waals surface area contributed by atoms with Crippen LogP contribution in [-0.2, 0) is 9.59 Å². The molecule has 2 saturated carbocycles. The summed E-state index contributed by atoms with van der Waals surface area (Å²) in [5, 5.41) is 12.6. The molecular formula is C20H35NO3. The summed E-state index contributed by atoms with van der Waals surface area (Å²) < 4.78 is 0. The molecule has 4 nitrogen and oxygen atoms in total. The van der Waals surface area contributed by atoms with Crippen molar-refractivity contribution in [2.45, 2.75) is 102 Å². The number of carbonyl (C=O) groups excluding carboxylic acids is 1. The highest BCUT2D eigenvalue weighted by atomic mass is 16.4. The summed E-state index contributed by atoms with van der Waals surface area (Å²) in [7, 11) is 0. The van der Waals surface area contributed by atoms with Crippen LogP contribution in [0.2, 0.25) is 0 Å². The molecule has 0 heterocycles. The first-order valence-corrected chi connectivity index (χ1v) is 10.2. The zero-order valence-corrected chi connectivity index (χ0v) is 15.1. The van der Waals surface area contributed by atoms with Crippen LogP contribution in [0, 0.1) is 11.8 Å². The van der Waals surface area contributed by atoms with Crippen molar-refractivity contribution in [3.05, 3.63) is 0 Å². The van der Waals surface area contributed by atoms with Crippen LogP contribution in [-0.4, -0.2) is 23.0 Å². The number of aliphatic carboxylic acids is 1. The summed E-state index contributed by atoms with van der Waals surface area (Å²) in [6.45, 7) is 0. The molecule has 2 rings (SSSR count). The molecule has 2 N–H and O–H groups in total. The molecule has 0 aromatic rings. The number of carbonyl (C=O) groups is 2. The van der Waals surface area contributed by atoms with E-state index in [0.717, 1.165) is 32.1 Å². The van der Waals surface area contributed by atoms with Gasteiger partial charge in [-0.15, -0.1) is 0 Å². The Morgan fingerprint density at radius 3 is 1.54 bits per heavy atom. The molecule has 24 heavy (non-hydrogen) atoms. The minimum Gasteiger partial charge on any atom is -0.481 e. The van der Waals surface area contributed by atoms with E-state index in [2.05, 4.69) is 5.32 Å². The van der Waals surface area contributed by atoms with Gasteiger partial charge < -0.3 is 10.4 Å². The molecule has 0 radical (unpaired) electrons. The summed E-state index contributed by atoms with van der Waals surface area (Å²) in [6.07, 6.45) is 17.0. The monoisotopic (exact) mass is 337 g/mol. The third kappa shape index (κ3) is 6.45. The fraction of sp³-hybridized carbons (Fsp3) is 0.900. The van der Waals surface area contributed by atoms with Crippen LogP contribution >= 0.6 is 0 Å². The number of hydrogen-bond donors (Lipinski definition) is 2. The van der Waals surface area contributed by atoms with Gasteiger partial charge in [0.15, 0.2) is 0 Å². The van der Waals surface area contributed by atoms with E-state index in [-0.39, 0.29) is 17.9 Å². The number of amides is 1. The summed E-state index contributed by atoms with van der Waals surface area (Å²) in [4.78, 5) is 24.1. The number of hydrogen-bond acceptors (Lipinski definition) is 2. The van der Waals surface area contributed by atoms with Gasteiger partial charge in [0.1, 0.15) is 0 Å². The highest BCUT2D eigenvalue weighted by Gasteiger charge is 2.36. The Hall–Kier alpha value is -1.06. The Labute approximate surface area is 146 Å². The average molecular weight is 338 g/mol. The van der Waals surface area contributed by atoms with Gasteiger partial charge in [-0.05, 0) is 25.7 Å². The fourth-order valence-corrected chi connectivity index (χ4v) is 4.36. The molecule has 0 saturated heterocycles. The quantitative estimate of drug-likeness (QED) is 0.786. The Balaban J connectivity index is 1.87. The van der Waals surface area contributed by atoms with E-state index in [1.54, 1.807) is 0 Å². The maximum Gasteiger partial charge on any atom is 0.307 e. The van der Waals surface area contributed by atoms with Crippen LogP contribution in [0.5, 0.6) is 0 Å². The lowest BCUT2D eigenvalue weighted by atomic mass is 9.78. The third-order valence-corrected chi connectivity index (χ3v) is 5.87. The molecule has 0 unspecified atom stereocenters. The van der Waals surface area contributed by atoms with Crippen LogP contribution in [0.4, 0.5) is 0 Å². The molecule has 0 aromatic carbocycles. The second-order valence-electron chi connectivity index (χ2n) is 7.80.